The highest BCUT2D eigenvalue weighted by Gasteiger charge is 2.02. The van der Waals surface area contributed by atoms with Gasteiger partial charge in [-0.05, 0) is 62.4 Å². The van der Waals surface area contributed by atoms with Crippen LogP contribution in [0.25, 0.3) is 20.9 Å². The highest BCUT2D eigenvalue weighted by Crippen LogP contribution is 2.33. The molecule has 1 aromatic heterocycles. The van der Waals surface area contributed by atoms with E-state index in [0.717, 1.165) is 14.6 Å². The summed E-state index contributed by atoms with van der Waals surface area (Å²) >= 11 is 5.19. The molecule has 1 nitrogen and oxygen atoms in total. The van der Waals surface area contributed by atoms with Gasteiger partial charge in [0.05, 0.1) is 3.79 Å². The summed E-state index contributed by atoms with van der Waals surface area (Å²) in [5.74, 6) is 0.317. The third-order valence-corrected chi connectivity index (χ3v) is 4.03. The second-order valence-electron chi connectivity index (χ2n) is 3.47. The van der Waals surface area contributed by atoms with E-state index >= 15 is 0 Å². The zero-order valence-electron chi connectivity index (χ0n) is 7.70. The maximum Gasteiger partial charge on any atom is 0.116 e. The Morgan fingerprint density at radius 1 is 0.933 bits per heavy atom. The van der Waals surface area contributed by atoms with Gasteiger partial charge in [0, 0.05) is 4.70 Å². The van der Waals surface area contributed by atoms with Gasteiger partial charge >= 0.3 is 0 Å². The van der Waals surface area contributed by atoms with Gasteiger partial charge in [-0.2, -0.15) is 0 Å². The largest absolute Gasteiger partial charge is 0.508 e. The van der Waals surface area contributed by atoms with Crippen LogP contribution in [0.2, 0.25) is 0 Å². The van der Waals surface area contributed by atoms with Gasteiger partial charge in [-0.25, -0.2) is 0 Å². The Labute approximate surface area is 99.1 Å². The van der Waals surface area contributed by atoms with Crippen LogP contribution in [-0.2, 0) is 0 Å². The molecule has 0 unspecified atom stereocenters. The molecule has 15 heavy (non-hydrogen) atoms. The first kappa shape index (κ1) is 9.19. The average molecular weight is 279 g/mol. The highest BCUT2D eigenvalue weighted by molar-refractivity contribution is 9.11. The minimum atomic E-state index is 0.317. The lowest BCUT2D eigenvalue weighted by molar-refractivity contribution is 0.476. The molecule has 3 heteroatoms. The van der Waals surface area contributed by atoms with E-state index in [9.17, 15) is 5.11 Å². The molecule has 0 saturated carbocycles. The first-order chi connectivity index (χ1) is 7.22. The van der Waals surface area contributed by atoms with Gasteiger partial charge < -0.3 is 5.11 Å². The molecule has 3 rings (SSSR count). The van der Waals surface area contributed by atoms with Crippen molar-refractivity contribution in [1.82, 2.24) is 0 Å². The van der Waals surface area contributed by atoms with Crippen molar-refractivity contribution in [2.75, 3.05) is 0 Å². The van der Waals surface area contributed by atoms with Crippen molar-refractivity contribution in [3.05, 3.63) is 40.2 Å². The molecule has 3 aromatic rings. The van der Waals surface area contributed by atoms with Crippen LogP contribution in [0.3, 0.4) is 0 Å². The summed E-state index contributed by atoms with van der Waals surface area (Å²) in [6, 6.07) is 11.8. The average Bonchev–Trinajstić information content (AvgIpc) is 2.53. The molecule has 0 aliphatic heterocycles. The Kier molecular flexibility index (Phi) is 1.97. The number of benzene rings is 2. The van der Waals surface area contributed by atoms with Crippen LogP contribution in [-0.4, -0.2) is 5.11 Å². The van der Waals surface area contributed by atoms with E-state index in [1.54, 1.807) is 23.5 Å². The van der Waals surface area contributed by atoms with E-state index in [1.807, 2.05) is 6.07 Å². The van der Waals surface area contributed by atoms with Gasteiger partial charge in [-0.3, -0.25) is 0 Å². The molecule has 74 valence electrons. The van der Waals surface area contributed by atoms with E-state index in [-0.39, 0.29) is 0 Å². The molecule has 2 aromatic carbocycles. The summed E-state index contributed by atoms with van der Waals surface area (Å²) in [5, 5.41) is 12.9. The van der Waals surface area contributed by atoms with Crippen LogP contribution in [0.5, 0.6) is 5.75 Å². The molecular formula is C12H7BrOS. The number of thiophene rings is 1. The van der Waals surface area contributed by atoms with E-state index in [1.165, 1.54) is 10.1 Å². The number of phenolic OH excluding ortho intramolecular Hbond substituents is 1. The lowest BCUT2D eigenvalue weighted by Gasteiger charge is -1.98. The summed E-state index contributed by atoms with van der Waals surface area (Å²) in [4.78, 5) is 0. The van der Waals surface area contributed by atoms with Crippen molar-refractivity contribution >= 4 is 48.1 Å². The van der Waals surface area contributed by atoms with E-state index in [4.69, 9.17) is 0 Å². The molecule has 0 amide bonds. The standard InChI is InChI=1S/C12H7BrOS/c13-12-6-9-3-7-1-2-10(14)4-8(7)5-11(9)15-12/h1-6,14H. The molecule has 0 radical (unpaired) electrons. The smallest absolute Gasteiger partial charge is 0.116 e. The fraction of sp³-hybridized carbons (Fsp3) is 0. The van der Waals surface area contributed by atoms with Gasteiger partial charge in [0.15, 0.2) is 0 Å². The second-order valence-corrected chi connectivity index (χ2v) is 5.94. The van der Waals surface area contributed by atoms with Gasteiger partial charge in [0.2, 0.25) is 0 Å². The molecule has 0 aliphatic carbocycles. The zero-order valence-corrected chi connectivity index (χ0v) is 10.1. The third-order valence-electron chi connectivity index (χ3n) is 2.43. The van der Waals surface area contributed by atoms with Gasteiger partial charge in [0.1, 0.15) is 5.75 Å². The number of rotatable bonds is 0. The summed E-state index contributed by atoms with van der Waals surface area (Å²) < 4.78 is 2.37. The maximum atomic E-state index is 9.40. The maximum absolute atomic E-state index is 9.40. The van der Waals surface area contributed by atoms with Crippen molar-refractivity contribution in [3.63, 3.8) is 0 Å². The van der Waals surface area contributed by atoms with E-state index < -0.39 is 0 Å². The summed E-state index contributed by atoms with van der Waals surface area (Å²) in [6.07, 6.45) is 0. The third kappa shape index (κ3) is 1.52. The second kappa shape index (κ2) is 3.22. The minimum Gasteiger partial charge on any atom is -0.508 e. The SMILES string of the molecule is Oc1ccc2cc3cc(Br)sc3cc2c1. The van der Waals surface area contributed by atoms with Crippen LogP contribution < -0.4 is 0 Å². The predicted molar refractivity (Wildman–Crippen MR) is 68.7 cm³/mol. The molecule has 0 saturated heterocycles. The molecule has 0 atom stereocenters. The fourth-order valence-electron chi connectivity index (χ4n) is 1.74. The predicted octanol–water partition coefficient (Wildman–Crippen LogP) is 4.52. The lowest BCUT2D eigenvalue weighted by Crippen LogP contribution is -1.71. The fourth-order valence-corrected chi connectivity index (χ4v) is 3.33. The highest BCUT2D eigenvalue weighted by atomic mass is 79.9. The Balaban J connectivity index is 2.46. The van der Waals surface area contributed by atoms with Crippen molar-refractivity contribution in [2.45, 2.75) is 0 Å². The molecule has 0 bridgehead atoms. The van der Waals surface area contributed by atoms with Crippen LogP contribution in [0.4, 0.5) is 0 Å². The summed E-state index contributed by atoms with van der Waals surface area (Å²) in [6.45, 7) is 0. The number of halogens is 1. The van der Waals surface area contributed by atoms with Gasteiger partial charge in [-0.15, -0.1) is 11.3 Å². The topological polar surface area (TPSA) is 20.2 Å². The Morgan fingerprint density at radius 3 is 2.67 bits per heavy atom. The Hall–Kier alpha value is -1.06. The molecular weight excluding hydrogens is 272 g/mol. The number of fused-ring (bicyclic) bond motifs is 2. The minimum absolute atomic E-state index is 0.317. The van der Waals surface area contributed by atoms with Crippen molar-refractivity contribution in [3.8, 4) is 5.75 Å². The van der Waals surface area contributed by atoms with Crippen LogP contribution >= 0.6 is 27.3 Å². The normalized spacial score (nSPS) is 11.3. The quantitative estimate of drug-likeness (QED) is 0.641. The number of hydrogen-bond donors (Lipinski definition) is 1. The molecule has 0 aliphatic rings. The first-order valence-corrected chi connectivity index (χ1v) is 6.15. The summed E-state index contributed by atoms with van der Waals surface area (Å²) in [5.41, 5.74) is 0. The zero-order chi connectivity index (χ0) is 10.4. The van der Waals surface area contributed by atoms with E-state index in [2.05, 4.69) is 34.1 Å². The Bertz CT molecular complexity index is 657. The number of phenols is 1. The van der Waals surface area contributed by atoms with Crippen LogP contribution in [0.15, 0.2) is 40.2 Å². The van der Waals surface area contributed by atoms with Gasteiger partial charge in [-0.1, -0.05) is 6.07 Å². The molecule has 0 fully saturated rings. The van der Waals surface area contributed by atoms with E-state index in [0.29, 0.717) is 5.75 Å². The first-order valence-electron chi connectivity index (χ1n) is 4.54. The number of hydrogen-bond acceptors (Lipinski definition) is 2. The summed E-state index contributed by atoms with van der Waals surface area (Å²) in [7, 11) is 0. The van der Waals surface area contributed by atoms with Crippen LogP contribution in [0.1, 0.15) is 0 Å². The van der Waals surface area contributed by atoms with Crippen LogP contribution in [0, 0.1) is 0 Å². The van der Waals surface area contributed by atoms with Crippen molar-refractivity contribution < 1.29 is 5.11 Å². The number of aromatic hydroxyl groups is 1. The molecule has 1 heterocycles. The van der Waals surface area contributed by atoms with Gasteiger partial charge in [0.25, 0.3) is 0 Å². The van der Waals surface area contributed by atoms with Crippen molar-refractivity contribution in [2.24, 2.45) is 0 Å². The van der Waals surface area contributed by atoms with Crippen molar-refractivity contribution in [1.29, 1.82) is 0 Å². The molecule has 1 N–H and O–H groups in total. The monoisotopic (exact) mass is 278 g/mol. The Morgan fingerprint density at radius 2 is 1.80 bits per heavy atom. The lowest BCUT2D eigenvalue weighted by atomic mass is 10.1. The molecule has 0 spiro atoms.